The molecular formula is C30H42N2O3S. The molecule has 0 saturated carbocycles. The van der Waals surface area contributed by atoms with Gasteiger partial charge in [0.2, 0.25) is 0 Å². The quantitative estimate of drug-likeness (QED) is 0.490. The van der Waals surface area contributed by atoms with Crippen molar-refractivity contribution in [2.24, 2.45) is 17.3 Å². The van der Waals surface area contributed by atoms with Gasteiger partial charge in [0.15, 0.2) is 0 Å². The average Bonchev–Trinajstić information content (AvgIpc) is 3.63. The Morgan fingerprint density at radius 2 is 1.58 bits per heavy atom. The smallest absolute Gasteiger partial charge is 0.109 e. The van der Waals surface area contributed by atoms with Crippen molar-refractivity contribution in [3.05, 3.63) is 48.3 Å². The maximum Gasteiger partial charge on any atom is 0.109 e. The Kier molecular flexibility index (Phi) is 5.92. The van der Waals surface area contributed by atoms with Crippen LogP contribution in [0.25, 0.3) is 0 Å². The molecule has 1 N–H and O–H groups in total. The van der Waals surface area contributed by atoms with Crippen molar-refractivity contribution in [1.82, 2.24) is 9.80 Å². The number of hydrogen-bond donors (Lipinski definition) is 1. The Balaban J connectivity index is 1.13. The monoisotopic (exact) mass is 510 g/mol. The number of nitrogens with zero attached hydrogens (tertiary/aromatic N) is 2. The predicted octanol–water partition coefficient (Wildman–Crippen LogP) is 6.62. The Labute approximate surface area is 220 Å². The zero-order valence-corrected chi connectivity index (χ0v) is 22.7. The molecule has 0 bridgehead atoms. The van der Waals surface area contributed by atoms with Crippen molar-refractivity contribution >= 4 is 11.8 Å². The Bertz CT molecular complexity index is 1040. The van der Waals surface area contributed by atoms with Gasteiger partial charge in [0.25, 0.3) is 0 Å². The van der Waals surface area contributed by atoms with Crippen LogP contribution in [-0.4, -0.2) is 50.3 Å². The molecule has 0 aliphatic carbocycles. The van der Waals surface area contributed by atoms with Crippen molar-refractivity contribution in [2.75, 3.05) is 12.3 Å². The summed E-state index contributed by atoms with van der Waals surface area (Å²) in [6, 6.07) is 6.24. The van der Waals surface area contributed by atoms with Gasteiger partial charge in [-0.15, -0.1) is 0 Å². The zero-order chi connectivity index (χ0) is 24.5. The maximum absolute atomic E-state index is 11.7. The second-order valence-electron chi connectivity index (χ2n) is 13.1. The van der Waals surface area contributed by atoms with Gasteiger partial charge in [-0.3, -0.25) is 9.80 Å². The molecule has 196 valence electrons. The summed E-state index contributed by atoms with van der Waals surface area (Å²) < 4.78 is 11.2. The highest BCUT2D eigenvalue weighted by molar-refractivity contribution is 8.01. The summed E-state index contributed by atoms with van der Waals surface area (Å²) in [5.41, 5.74) is 2.99. The first-order chi connectivity index (χ1) is 17.5. The number of fused-ring (bicyclic) bond motifs is 2. The highest BCUT2D eigenvalue weighted by Crippen LogP contribution is 2.62. The minimum atomic E-state index is -0.362. The second-order valence-corrected chi connectivity index (χ2v) is 14.5. The highest BCUT2D eigenvalue weighted by Gasteiger charge is 2.58. The number of thioether (sulfide) groups is 1. The molecule has 9 atom stereocenters. The van der Waals surface area contributed by atoms with E-state index in [1.54, 1.807) is 6.26 Å². The van der Waals surface area contributed by atoms with Gasteiger partial charge in [0.05, 0.1) is 25.1 Å². The SMILES string of the molecule is C[C@@H]1CC[C@@H](c2ccoc2)N2C[C@@]3(CC[C@@H]12)CS[C@@]1(C[C@@H](O)N2[C@H](c4ccoc4)CC[C@@H](C)[C@@H]2C1)C3. The normalized spacial score (nSPS) is 45.7. The van der Waals surface area contributed by atoms with Crippen molar-refractivity contribution in [3.8, 4) is 0 Å². The van der Waals surface area contributed by atoms with Crippen LogP contribution < -0.4 is 0 Å². The van der Waals surface area contributed by atoms with Crippen LogP contribution in [0.4, 0.5) is 0 Å². The molecular weight excluding hydrogens is 468 g/mol. The fourth-order valence-corrected chi connectivity index (χ4v) is 11.0. The minimum Gasteiger partial charge on any atom is -0.472 e. The van der Waals surface area contributed by atoms with Crippen molar-refractivity contribution in [3.63, 3.8) is 0 Å². The summed E-state index contributed by atoms with van der Waals surface area (Å²) in [6.45, 7) is 6.10. The van der Waals surface area contributed by atoms with E-state index in [1.165, 1.54) is 68.4 Å². The number of furan rings is 2. The molecule has 0 unspecified atom stereocenters. The lowest BCUT2D eigenvalue weighted by atomic mass is 9.66. The van der Waals surface area contributed by atoms with E-state index in [-0.39, 0.29) is 11.0 Å². The number of rotatable bonds is 2. The van der Waals surface area contributed by atoms with E-state index in [0.717, 1.165) is 18.8 Å². The third-order valence-electron chi connectivity index (χ3n) is 10.9. The number of hydrogen-bond acceptors (Lipinski definition) is 6. The maximum atomic E-state index is 11.7. The lowest BCUT2D eigenvalue weighted by Crippen LogP contribution is -2.60. The fraction of sp³-hybridized carbons (Fsp3) is 0.733. The topological polar surface area (TPSA) is 53.0 Å². The number of piperidine rings is 4. The molecule has 7 heterocycles. The molecule has 2 aromatic heterocycles. The molecule has 5 fully saturated rings. The van der Waals surface area contributed by atoms with Crippen molar-refractivity contribution in [1.29, 1.82) is 0 Å². The fourth-order valence-electron chi connectivity index (χ4n) is 9.10. The van der Waals surface area contributed by atoms with Crippen LogP contribution in [0.2, 0.25) is 0 Å². The van der Waals surface area contributed by atoms with Gasteiger partial charge in [0.1, 0.15) is 6.23 Å². The van der Waals surface area contributed by atoms with Gasteiger partial charge in [0, 0.05) is 58.8 Å². The third-order valence-corrected chi connectivity index (χ3v) is 12.7. The molecule has 0 amide bonds. The third kappa shape index (κ3) is 3.85. The molecule has 5 saturated heterocycles. The summed E-state index contributed by atoms with van der Waals surface area (Å²) >= 11 is 2.22. The zero-order valence-electron chi connectivity index (χ0n) is 21.9. The van der Waals surface area contributed by atoms with Gasteiger partial charge in [-0.2, -0.15) is 11.8 Å². The Morgan fingerprint density at radius 1 is 0.889 bits per heavy atom. The van der Waals surface area contributed by atoms with Gasteiger partial charge in [-0.25, -0.2) is 0 Å². The first-order valence-corrected chi connectivity index (χ1v) is 15.3. The lowest BCUT2D eigenvalue weighted by Gasteiger charge is -2.56. The molecule has 2 spiro atoms. The van der Waals surface area contributed by atoms with Gasteiger partial charge in [-0.05, 0) is 80.8 Å². The van der Waals surface area contributed by atoms with Crippen LogP contribution in [0.15, 0.2) is 46.0 Å². The second kappa shape index (κ2) is 8.93. The number of aliphatic hydroxyl groups is 1. The highest BCUT2D eigenvalue weighted by atomic mass is 32.2. The van der Waals surface area contributed by atoms with E-state index < -0.39 is 0 Å². The molecule has 5 nitrogen and oxygen atoms in total. The largest absolute Gasteiger partial charge is 0.472 e. The van der Waals surface area contributed by atoms with Crippen LogP contribution >= 0.6 is 11.8 Å². The van der Waals surface area contributed by atoms with Crippen LogP contribution in [0.1, 0.15) is 94.8 Å². The van der Waals surface area contributed by atoms with E-state index in [1.807, 2.05) is 18.8 Å². The van der Waals surface area contributed by atoms with Crippen LogP contribution in [0.5, 0.6) is 0 Å². The first kappa shape index (κ1) is 23.9. The van der Waals surface area contributed by atoms with Crippen LogP contribution in [0, 0.1) is 17.3 Å². The number of aliphatic hydroxyl groups excluding tert-OH is 1. The van der Waals surface area contributed by atoms with Crippen LogP contribution in [-0.2, 0) is 0 Å². The summed E-state index contributed by atoms with van der Waals surface area (Å²) in [5.74, 6) is 2.66. The van der Waals surface area contributed by atoms with E-state index >= 15 is 0 Å². The Morgan fingerprint density at radius 3 is 2.31 bits per heavy atom. The van der Waals surface area contributed by atoms with Crippen molar-refractivity contribution < 1.29 is 13.9 Å². The van der Waals surface area contributed by atoms with E-state index in [9.17, 15) is 5.11 Å². The molecule has 6 heteroatoms. The standard InChI is InChI=1S/C30H42N2O3S/c1-20-3-5-25(22-8-11-34-15-22)31-18-29(10-7-24(20)31)17-30(36-19-29)13-27-21(2)4-6-26(23-9-12-35-16-23)32(27)28(33)14-30/h8-9,11-12,15-16,20-21,24-28,33H,3-7,10,13-14,17-19H2,1-2H3/t20-,21-,24+,25+,26+,27+,28-,29+,30+/m1/s1. The molecule has 0 aromatic carbocycles. The summed E-state index contributed by atoms with van der Waals surface area (Å²) in [5, 5.41) is 11.7. The summed E-state index contributed by atoms with van der Waals surface area (Å²) in [4.78, 5) is 5.35. The predicted molar refractivity (Wildman–Crippen MR) is 143 cm³/mol. The van der Waals surface area contributed by atoms with Gasteiger partial charge < -0.3 is 13.9 Å². The van der Waals surface area contributed by atoms with Crippen molar-refractivity contribution in [2.45, 2.75) is 107 Å². The average molecular weight is 511 g/mol. The van der Waals surface area contributed by atoms with E-state index in [0.29, 0.717) is 35.5 Å². The van der Waals surface area contributed by atoms with Gasteiger partial charge in [-0.1, -0.05) is 13.8 Å². The minimum absolute atomic E-state index is 0.215. The van der Waals surface area contributed by atoms with Crippen LogP contribution in [0.3, 0.4) is 0 Å². The molecule has 36 heavy (non-hydrogen) atoms. The van der Waals surface area contributed by atoms with E-state index in [2.05, 4.69) is 47.5 Å². The molecule has 0 radical (unpaired) electrons. The molecule has 5 aliphatic rings. The lowest BCUT2D eigenvalue weighted by molar-refractivity contribution is -0.130. The molecule has 5 aliphatic heterocycles. The first-order valence-electron chi connectivity index (χ1n) is 14.4. The molecule has 7 rings (SSSR count). The summed E-state index contributed by atoms with van der Waals surface area (Å²) in [6.07, 6.45) is 18.1. The molecule has 2 aromatic rings. The Hall–Kier alpha value is -1.21. The van der Waals surface area contributed by atoms with Gasteiger partial charge >= 0.3 is 0 Å². The van der Waals surface area contributed by atoms with E-state index in [4.69, 9.17) is 8.83 Å². The summed E-state index contributed by atoms with van der Waals surface area (Å²) in [7, 11) is 0.